The van der Waals surface area contributed by atoms with Gasteiger partial charge in [0.25, 0.3) is 0 Å². The summed E-state index contributed by atoms with van der Waals surface area (Å²) in [7, 11) is 0. The fourth-order valence-electron chi connectivity index (χ4n) is 3.36. The molecule has 0 bridgehead atoms. The van der Waals surface area contributed by atoms with Crippen molar-refractivity contribution in [1.29, 1.82) is 0 Å². The van der Waals surface area contributed by atoms with Gasteiger partial charge < -0.3 is 0 Å². The largest absolute Gasteiger partial charge is 0.283 e. The first kappa shape index (κ1) is 17.1. The summed E-state index contributed by atoms with van der Waals surface area (Å²) in [5, 5.41) is 0. The molecule has 2 heteroatoms. The van der Waals surface area contributed by atoms with E-state index in [1.807, 2.05) is 6.07 Å². The SMILES string of the molecule is IN(c1ccccc1)c1ccc(-c2cccc3c2C/C=C/C=C\C3)cc1. The number of hydrogen-bond acceptors (Lipinski definition) is 1. The number of allylic oxidation sites excluding steroid dienone is 4. The average molecular weight is 449 g/mol. The van der Waals surface area contributed by atoms with Crippen molar-refractivity contribution in [3.63, 3.8) is 0 Å². The van der Waals surface area contributed by atoms with Crippen molar-refractivity contribution in [1.82, 2.24) is 0 Å². The minimum Gasteiger partial charge on any atom is -0.283 e. The Morgan fingerprint density at radius 1 is 0.654 bits per heavy atom. The van der Waals surface area contributed by atoms with Crippen LogP contribution in [0.3, 0.4) is 0 Å². The lowest BCUT2D eigenvalue weighted by atomic mass is 9.91. The van der Waals surface area contributed by atoms with Gasteiger partial charge in [0.15, 0.2) is 0 Å². The fourth-order valence-corrected chi connectivity index (χ4v) is 4.00. The number of para-hydroxylation sites is 1. The summed E-state index contributed by atoms with van der Waals surface area (Å²) in [4.78, 5) is 0. The van der Waals surface area contributed by atoms with Gasteiger partial charge in [-0.2, -0.15) is 0 Å². The second kappa shape index (κ2) is 7.92. The van der Waals surface area contributed by atoms with Gasteiger partial charge in [0.1, 0.15) is 0 Å². The molecule has 26 heavy (non-hydrogen) atoms. The molecular formula is C24H20IN. The molecule has 4 rings (SSSR count). The molecule has 0 amide bonds. The lowest BCUT2D eigenvalue weighted by Crippen LogP contribution is -2.00. The standard InChI is InChI=1S/C24H20IN/c25-26(21-11-5-3-6-12-21)22-17-15-20(16-18-22)24-14-8-10-19-9-4-1-2-7-13-23(19)24/h1-8,10-12,14-18H,9,13H2/b4-1-,7-2+. The quantitative estimate of drug-likeness (QED) is 0.306. The molecule has 0 atom stereocenters. The Bertz CT molecular complexity index is 940. The van der Waals surface area contributed by atoms with Gasteiger partial charge in [0, 0.05) is 0 Å². The van der Waals surface area contributed by atoms with E-state index in [-0.39, 0.29) is 0 Å². The van der Waals surface area contributed by atoms with E-state index in [1.165, 1.54) is 33.6 Å². The first-order valence-corrected chi connectivity index (χ1v) is 9.83. The third-order valence-electron chi connectivity index (χ3n) is 4.70. The van der Waals surface area contributed by atoms with Crippen molar-refractivity contribution in [2.24, 2.45) is 0 Å². The lowest BCUT2D eigenvalue weighted by Gasteiger charge is -2.18. The lowest BCUT2D eigenvalue weighted by molar-refractivity contribution is 1.14. The molecule has 128 valence electrons. The van der Waals surface area contributed by atoms with Crippen LogP contribution in [0.2, 0.25) is 0 Å². The van der Waals surface area contributed by atoms with E-state index in [4.69, 9.17) is 0 Å². The molecule has 0 radical (unpaired) electrons. The molecule has 0 spiro atoms. The van der Waals surface area contributed by atoms with Crippen LogP contribution >= 0.6 is 22.9 Å². The molecule has 0 fully saturated rings. The summed E-state index contributed by atoms with van der Waals surface area (Å²) in [5.41, 5.74) is 7.85. The van der Waals surface area contributed by atoms with E-state index in [9.17, 15) is 0 Å². The first-order valence-electron chi connectivity index (χ1n) is 8.87. The Hall–Kier alpha value is -2.33. The molecule has 0 saturated carbocycles. The van der Waals surface area contributed by atoms with E-state index in [2.05, 4.69) is 117 Å². The smallest absolute Gasteiger partial charge is 0.0646 e. The molecule has 0 unspecified atom stereocenters. The molecule has 1 nitrogen and oxygen atoms in total. The number of fused-ring (bicyclic) bond motifs is 1. The van der Waals surface area contributed by atoms with Gasteiger partial charge in [0.05, 0.1) is 34.2 Å². The maximum atomic E-state index is 2.36. The molecular weight excluding hydrogens is 429 g/mol. The highest BCUT2D eigenvalue weighted by atomic mass is 127. The van der Waals surface area contributed by atoms with Gasteiger partial charge in [-0.15, -0.1) is 0 Å². The van der Waals surface area contributed by atoms with Crippen molar-refractivity contribution in [3.05, 3.63) is 108 Å². The van der Waals surface area contributed by atoms with Crippen LogP contribution in [0.15, 0.2) is 97.1 Å². The summed E-state index contributed by atoms with van der Waals surface area (Å²) in [6.45, 7) is 0. The Morgan fingerprint density at radius 3 is 2.12 bits per heavy atom. The predicted molar refractivity (Wildman–Crippen MR) is 120 cm³/mol. The highest BCUT2D eigenvalue weighted by Crippen LogP contribution is 2.33. The molecule has 0 aromatic heterocycles. The van der Waals surface area contributed by atoms with Crippen LogP contribution in [0.1, 0.15) is 11.1 Å². The van der Waals surface area contributed by atoms with E-state index in [0.29, 0.717) is 0 Å². The molecule has 0 N–H and O–H groups in total. The average Bonchev–Trinajstić information content (AvgIpc) is 2.68. The van der Waals surface area contributed by atoms with Crippen molar-refractivity contribution >= 4 is 34.2 Å². The number of hydrogen-bond donors (Lipinski definition) is 0. The maximum Gasteiger partial charge on any atom is 0.0646 e. The van der Waals surface area contributed by atoms with Gasteiger partial charge in [-0.3, -0.25) is 3.11 Å². The second-order valence-electron chi connectivity index (χ2n) is 6.37. The maximum absolute atomic E-state index is 2.36. The van der Waals surface area contributed by atoms with Gasteiger partial charge in [0.2, 0.25) is 0 Å². The third-order valence-corrected chi connectivity index (χ3v) is 5.82. The Kier molecular flexibility index (Phi) is 5.21. The first-order chi connectivity index (χ1) is 12.8. The molecule has 0 saturated heterocycles. The number of rotatable bonds is 3. The number of benzene rings is 3. The molecule has 0 heterocycles. The number of nitrogens with zero attached hydrogens (tertiary/aromatic N) is 1. The topological polar surface area (TPSA) is 3.24 Å². The fraction of sp³-hybridized carbons (Fsp3) is 0.0833. The highest BCUT2D eigenvalue weighted by molar-refractivity contribution is 14.1. The summed E-state index contributed by atoms with van der Waals surface area (Å²) < 4.78 is 2.19. The third kappa shape index (κ3) is 3.61. The Morgan fingerprint density at radius 2 is 1.35 bits per heavy atom. The molecule has 1 aliphatic rings. The Labute approximate surface area is 169 Å². The number of halogens is 1. The summed E-state index contributed by atoms with van der Waals surface area (Å²) in [6.07, 6.45) is 10.8. The summed E-state index contributed by atoms with van der Waals surface area (Å²) in [6, 6.07) is 26.0. The predicted octanol–water partition coefficient (Wildman–Crippen LogP) is 7.05. The van der Waals surface area contributed by atoms with Gasteiger partial charge >= 0.3 is 0 Å². The molecule has 3 aromatic rings. The summed E-state index contributed by atoms with van der Waals surface area (Å²) >= 11 is 2.36. The van der Waals surface area contributed by atoms with Gasteiger partial charge in [-0.05, 0) is 59.4 Å². The van der Waals surface area contributed by atoms with Crippen LogP contribution in [0.5, 0.6) is 0 Å². The van der Waals surface area contributed by atoms with E-state index in [0.717, 1.165) is 12.8 Å². The highest BCUT2D eigenvalue weighted by Gasteiger charge is 2.11. The zero-order valence-corrected chi connectivity index (χ0v) is 16.6. The minimum absolute atomic E-state index is 0.986. The van der Waals surface area contributed by atoms with Crippen molar-refractivity contribution in [2.75, 3.05) is 3.11 Å². The van der Waals surface area contributed by atoms with Crippen LogP contribution in [0.4, 0.5) is 11.4 Å². The normalized spacial score (nSPS) is 15.4. The summed E-state index contributed by atoms with van der Waals surface area (Å²) in [5.74, 6) is 0. The molecule has 1 aliphatic carbocycles. The van der Waals surface area contributed by atoms with E-state index in [1.54, 1.807) is 0 Å². The second-order valence-corrected chi connectivity index (χ2v) is 7.34. The minimum atomic E-state index is 0.986. The zero-order valence-electron chi connectivity index (χ0n) is 14.5. The van der Waals surface area contributed by atoms with Crippen LogP contribution in [-0.4, -0.2) is 0 Å². The van der Waals surface area contributed by atoms with Crippen LogP contribution < -0.4 is 3.11 Å². The monoisotopic (exact) mass is 449 g/mol. The Balaban J connectivity index is 1.67. The number of anilines is 2. The van der Waals surface area contributed by atoms with Gasteiger partial charge in [-0.25, -0.2) is 0 Å². The van der Waals surface area contributed by atoms with E-state index >= 15 is 0 Å². The van der Waals surface area contributed by atoms with E-state index < -0.39 is 0 Å². The van der Waals surface area contributed by atoms with Crippen molar-refractivity contribution < 1.29 is 0 Å². The van der Waals surface area contributed by atoms with Crippen LogP contribution in [0.25, 0.3) is 11.1 Å². The van der Waals surface area contributed by atoms with Crippen LogP contribution in [-0.2, 0) is 12.8 Å². The van der Waals surface area contributed by atoms with Crippen molar-refractivity contribution in [2.45, 2.75) is 12.8 Å². The van der Waals surface area contributed by atoms with Gasteiger partial charge in [-0.1, -0.05) is 72.8 Å². The van der Waals surface area contributed by atoms with Crippen molar-refractivity contribution in [3.8, 4) is 11.1 Å². The zero-order chi connectivity index (χ0) is 17.8. The molecule has 3 aromatic carbocycles. The van der Waals surface area contributed by atoms with Crippen LogP contribution in [0, 0.1) is 0 Å². The molecule has 0 aliphatic heterocycles.